The monoisotopic (exact) mass is 226 g/mol. The van der Waals surface area contributed by atoms with Crippen molar-refractivity contribution in [2.45, 2.75) is 32.7 Å². The van der Waals surface area contributed by atoms with Crippen LogP contribution in [0.15, 0.2) is 15.7 Å². The highest BCUT2D eigenvalue weighted by molar-refractivity contribution is 5.69. The molecule has 2 N–H and O–H groups in total. The van der Waals surface area contributed by atoms with Crippen LogP contribution in [0.5, 0.6) is 0 Å². The Kier molecular flexibility index (Phi) is 3.02. The van der Waals surface area contributed by atoms with Crippen LogP contribution in [0.25, 0.3) is 0 Å². The third kappa shape index (κ3) is 2.59. The molecule has 6 nitrogen and oxygen atoms in total. The van der Waals surface area contributed by atoms with Gasteiger partial charge in [0.05, 0.1) is 6.42 Å². The molecule has 0 amide bonds. The van der Waals surface area contributed by atoms with Crippen molar-refractivity contribution in [2.75, 3.05) is 0 Å². The lowest BCUT2D eigenvalue weighted by Gasteiger charge is -2.24. The number of H-pyrrole nitrogens is 1. The van der Waals surface area contributed by atoms with E-state index in [0.29, 0.717) is 0 Å². The largest absolute Gasteiger partial charge is 0.481 e. The van der Waals surface area contributed by atoms with Gasteiger partial charge in [-0.15, -0.1) is 0 Å². The summed E-state index contributed by atoms with van der Waals surface area (Å²) in [6, 6.07) is 1.14. The molecule has 88 valence electrons. The van der Waals surface area contributed by atoms with Crippen molar-refractivity contribution >= 4 is 5.97 Å². The molecule has 16 heavy (non-hydrogen) atoms. The Bertz CT molecular complexity index is 519. The minimum absolute atomic E-state index is 0.203. The molecule has 0 spiro atoms. The number of hydrogen-bond acceptors (Lipinski definition) is 3. The summed E-state index contributed by atoms with van der Waals surface area (Å²) < 4.78 is 1.28. The molecule has 0 aliphatic rings. The van der Waals surface area contributed by atoms with E-state index < -0.39 is 22.8 Å². The third-order valence-electron chi connectivity index (χ3n) is 2.02. The molecule has 0 saturated heterocycles. The predicted molar refractivity (Wildman–Crippen MR) is 57.7 cm³/mol. The number of nitrogens with one attached hydrogen (secondary N) is 1. The van der Waals surface area contributed by atoms with Crippen LogP contribution in [0.4, 0.5) is 0 Å². The smallest absolute Gasteiger partial charge is 0.329 e. The topological polar surface area (TPSA) is 92.2 Å². The molecule has 1 aromatic rings. The van der Waals surface area contributed by atoms with E-state index in [0.717, 1.165) is 6.07 Å². The summed E-state index contributed by atoms with van der Waals surface area (Å²) in [7, 11) is 0. The SMILES string of the molecule is CC(C)(C)n1c(CC(=O)O)cc(=O)[nH]c1=O. The van der Waals surface area contributed by atoms with E-state index in [1.807, 2.05) is 0 Å². The number of carboxylic acids is 1. The average molecular weight is 226 g/mol. The number of aromatic nitrogens is 2. The summed E-state index contributed by atoms with van der Waals surface area (Å²) in [6.45, 7) is 5.29. The van der Waals surface area contributed by atoms with E-state index in [1.165, 1.54) is 4.57 Å². The molecule has 0 radical (unpaired) electrons. The Morgan fingerprint density at radius 2 is 2.00 bits per heavy atom. The number of carboxylic acid groups (broad SMARTS) is 1. The fourth-order valence-corrected chi connectivity index (χ4v) is 1.56. The van der Waals surface area contributed by atoms with E-state index >= 15 is 0 Å². The van der Waals surface area contributed by atoms with Crippen LogP contribution >= 0.6 is 0 Å². The number of aliphatic carboxylic acids is 1. The van der Waals surface area contributed by atoms with E-state index in [1.54, 1.807) is 20.8 Å². The number of hydrogen-bond donors (Lipinski definition) is 2. The first-order valence-electron chi connectivity index (χ1n) is 4.79. The van der Waals surface area contributed by atoms with Crippen LogP contribution in [0, 0.1) is 0 Å². The van der Waals surface area contributed by atoms with E-state index in [-0.39, 0.29) is 12.1 Å². The van der Waals surface area contributed by atoms with Crippen LogP contribution in [-0.4, -0.2) is 20.6 Å². The Morgan fingerprint density at radius 1 is 1.44 bits per heavy atom. The summed E-state index contributed by atoms with van der Waals surface area (Å²) in [4.78, 5) is 35.5. The third-order valence-corrected chi connectivity index (χ3v) is 2.02. The quantitative estimate of drug-likeness (QED) is 0.737. The van der Waals surface area contributed by atoms with Gasteiger partial charge in [-0.3, -0.25) is 19.1 Å². The van der Waals surface area contributed by atoms with Crippen LogP contribution in [0.2, 0.25) is 0 Å². The minimum Gasteiger partial charge on any atom is -0.481 e. The highest BCUT2D eigenvalue weighted by Crippen LogP contribution is 2.12. The van der Waals surface area contributed by atoms with Crippen molar-refractivity contribution in [3.8, 4) is 0 Å². The zero-order valence-corrected chi connectivity index (χ0v) is 9.40. The van der Waals surface area contributed by atoms with Gasteiger partial charge in [0.15, 0.2) is 0 Å². The first-order valence-corrected chi connectivity index (χ1v) is 4.79. The summed E-state index contributed by atoms with van der Waals surface area (Å²) in [5.41, 5.74) is -1.54. The van der Waals surface area contributed by atoms with Gasteiger partial charge in [-0.2, -0.15) is 0 Å². The molecule has 0 fully saturated rings. The first-order chi connectivity index (χ1) is 7.21. The Hall–Kier alpha value is -1.85. The molecule has 0 unspecified atom stereocenters. The van der Waals surface area contributed by atoms with Gasteiger partial charge in [-0.1, -0.05) is 0 Å². The van der Waals surface area contributed by atoms with Crippen LogP contribution in [-0.2, 0) is 16.8 Å². The van der Waals surface area contributed by atoms with Gasteiger partial charge < -0.3 is 5.11 Å². The summed E-state index contributed by atoms with van der Waals surface area (Å²) in [6.07, 6.45) is -0.351. The van der Waals surface area contributed by atoms with E-state index in [4.69, 9.17) is 5.11 Å². The molecule has 6 heteroatoms. The molecule has 0 saturated carbocycles. The second-order valence-corrected chi connectivity index (χ2v) is 4.51. The van der Waals surface area contributed by atoms with Gasteiger partial charge in [0.1, 0.15) is 0 Å². The maximum atomic E-state index is 11.6. The zero-order chi connectivity index (χ0) is 12.5. The van der Waals surface area contributed by atoms with Gasteiger partial charge in [0, 0.05) is 17.3 Å². The van der Waals surface area contributed by atoms with Gasteiger partial charge in [-0.25, -0.2) is 4.79 Å². The van der Waals surface area contributed by atoms with Gasteiger partial charge in [0.25, 0.3) is 5.56 Å². The molecular formula is C10H14N2O4. The molecular weight excluding hydrogens is 212 g/mol. The van der Waals surface area contributed by atoms with Gasteiger partial charge in [0.2, 0.25) is 0 Å². The number of carbonyl (C=O) groups is 1. The van der Waals surface area contributed by atoms with E-state index in [9.17, 15) is 14.4 Å². The lowest BCUT2D eigenvalue weighted by atomic mass is 10.1. The summed E-state index contributed by atoms with van der Waals surface area (Å²) >= 11 is 0. The Morgan fingerprint density at radius 3 is 2.44 bits per heavy atom. The van der Waals surface area contributed by atoms with Crippen molar-refractivity contribution in [1.29, 1.82) is 0 Å². The van der Waals surface area contributed by atoms with Gasteiger partial charge in [-0.05, 0) is 20.8 Å². The molecule has 0 aliphatic heterocycles. The normalized spacial score (nSPS) is 11.4. The highest BCUT2D eigenvalue weighted by atomic mass is 16.4. The van der Waals surface area contributed by atoms with Crippen molar-refractivity contribution < 1.29 is 9.90 Å². The van der Waals surface area contributed by atoms with Crippen LogP contribution in [0.1, 0.15) is 26.5 Å². The average Bonchev–Trinajstić information content (AvgIpc) is 1.96. The maximum Gasteiger partial charge on any atom is 0.329 e. The molecule has 0 atom stereocenters. The highest BCUT2D eigenvalue weighted by Gasteiger charge is 2.20. The predicted octanol–water partition coefficient (Wildman–Crippen LogP) is -0.0813. The molecule has 1 rings (SSSR count). The molecule has 0 aromatic carbocycles. The van der Waals surface area contributed by atoms with Crippen molar-refractivity contribution in [1.82, 2.24) is 9.55 Å². The molecule has 1 aromatic heterocycles. The molecule has 0 aliphatic carbocycles. The second-order valence-electron chi connectivity index (χ2n) is 4.51. The van der Waals surface area contributed by atoms with Crippen LogP contribution < -0.4 is 11.2 Å². The fraction of sp³-hybridized carbons (Fsp3) is 0.500. The summed E-state index contributed by atoms with van der Waals surface area (Å²) in [5, 5.41) is 8.71. The lowest BCUT2D eigenvalue weighted by Crippen LogP contribution is -2.41. The summed E-state index contributed by atoms with van der Waals surface area (Å²) in [5.74, 6) is -1.08. The first kappa shape index (κ1) is 12.2. The van der Waals surface area contributed by atoms with E-state index in [2.05, 4.69) is 4.98 Å². The lowest BCUT2D eigenvalue weighted by molar-refractivity contribution is -0.136. The number of aromatic amines is 1. The second kappa shape index (κ2) is 3.96. The number of nitrogens with zero attached hydrogens (tertiary/aromatic N) is 1. The molecule has 0 bridgehead atoms. The fourth-order valence-electron chi connectivity index (χ4n) is 1.56. The number of rotatable bonds is 2. The Balaban J connectivity index is 3.51. The van der Waals surface area contributed by atoms with Crippen LogP contribution in [0.3, 0.4) is 0 Å². The van der Waals surface area contributed by atoms with Crippen molar-refractivity contribution in [2.24, 2.45) is 0 Å². The standard InChI is InChI=1S/C10H14N2O4/c1-10(2,3)12-6(5-8(14)15)4-7(13)11-9(12)16/h4H,5H2,1-3H3,(H,14,15)(H,11,13,16). The van der Waals surface area contributed by atoms with Gasteiger partial charge >= 0.3 is 11.7 Å². The maximum absolute atomic E-state index is 11.6. The van der Waals surface area contributed by atoms with Crippen molar-refractivity contribution in [3.63, 3.8) is 0 Å². The Labute approximate surface area is 91.5 Å². The zero-order valence-electron chi connectivity index (χ0n) is 9.40. The van der Waals surface area contributed by atoms with Crippen molar-refractivity contribution in [3.05, 3.63) is 32.6 Å². The minimum atomic E-state index is -1.08. The molecule has 1 heterocycles.